The maximum Gasteiger partial charge on any atom is 0.115 e. The van der Waals surface area contributed by atoms with Gasteiger partial charge in [0.15, 0.2) is 0 Å². The van der Waals surface area contributed by atoms with Crippen molar-refractivity contribution < 1.29 is 5.11 Å². The molecule has 1 unspecified atom stereocenters. The molecule has 0 bridgehead atoms. The molecule has 0 aromatic heterocycles. The van der Waals surface area contributed by atoms with Crippen LogP contribution >= 0.6 is 0 Å². The summed E-state index contributed by atoms with van der Waals surface area (Å²) in [5.74, 6) is 0.880. The van der Waals surface area contributed by atoms with Crippen molar-refractivity contribution in [3.05, 3.63) is 89.5 Å². The lowest BCUT2D eigenvalue weighted by Gasteiger charge is -1.99. The Kier molecular flexibility index (Phi) is 2.78. The first-order chi connectivity index (χ1) is 10.3. The van der Waals surface area contributed by atoms with Crippen molar-refractivity contribution in [2.75, 3.05) is 0 Å². The predicted molar refractivity (Wildman–Crippen MR) is 85.5 cm³/mol. The smallest absolute Gasteiger partial charge is 0.115 e. The van der Waals surface area contributed by atoms with Crippen LogP contribution in [-0.4, -0.2) is 5.11 Å². The average molecular weight is 272 g/mol. The lowest BCUT2D eigenvalue weighted by Crippen LogP contribution is -1.85. The third-order valence-electron chi connectivity index (χ3n) is 4.24. The second-order valence-corrected chi connectivity index (χ2v) is 5.63. The summed E-state index contributed by atoms with van der Waals surface area (Å²) in [6.45, 7) is 0. The molecule has 1 nitrogen and oxygen atoms in total. The van der Waals surface area contributed by atoms with Gasteiger partial charge in [-0.15, -0.1) is 0 Å². The molecule has 1 atom stereocenters. The highest BCUT2D eigenvalue weighted by atomic mass is 16.3. The lowest BCUT2D eigenvalue weighted by molar-refractivity contribution is 0.475. The van der Waals surface area contributed by atoms with Crippen LogP contribution in [0.4, 0.5) is 0 Å². The van der Waals surface area contributed by atoms with Gasteiger partial charge in [-0.1, -0.05) is 60.7 Å². The zero-order valence-electron chi connectivity index (χ0n) is 11.7. The van der Waals surface area contributed by atoms with Crippen molar-refractivity contribution in [3.8, 4) is 16.9 Å². The van der Waals surface area contributed by atoms with Crippen molar-refractivity contribution in [2.24, 2.45) is 0 Å². The minimum Gasteiger partial charge on any atom is -0.508 e. The Labute approximate surface area is 124 Å². The molecular formula is C20H16O. The molecule has 0 spiro atoms. The van der Waals surface area contributed by atoms with Gasteiger partial charge in [0.2, 0.25) is 0 Å². The fourth-order valence-electron chi connectivity index (χ4n) is 3.00. The normalized spacial score (nSPS) is 15.5. The van der Waals surface area contributed by atoms with Crippen LogP contribution in [0.25, 0.3) is 11.1 Å². The van der Waals surface area contributed by atoms with Crippen LogP contribution in [0.3, 0.4) is 0 Å². The molecule has 1 heteroatoms. The summed E-state index contributed by atoms with van der Waals surface area (Å²) in [5, 5.41) is 9.34. The first-order valence-electron chi connectivity index (χ1n) is 7.28. The summed E-state index contributed by atoms with van der Waals surface area (Å²) in [4.78, 5) is 0. The van der Waals surface area contributed by atoms with E-state index in [0.717, 1.165) is 6.42 Å². The SMILES string of the molecule is Oc1ccc(CC2c3ccc(-c4ccccc4)cc32)cc1. The summed E-state index contributed by atoms with van der Waals surface area (Å²) in [5.41, 5.74) is 6.76. The molecule has 1 aliphatic carbocycles. The van der Waals surface area contributed by atoms with Crippen molar-refractivity contribution in [1.29, 1.82) is 0 Å². The van der Waals surface area contributed by atoms with Crippen LogP contribution in [0, 0.1) is 0 Å². The Hall–Kier alpha value is -2.54. The number of rotatable bonds is 3. The second-order valence-electron chi connectivity index (χ2n) is 5.63. The zero-order valence-corrected chi connectivity index (χ0v) is 11.7. The summed E-state index contributed by atoms with van der Waals surface area (Å²) in [6.07, 6.45) is 1.02. The van der Waals surface area contributed by atoms with Gasteiger partial charge in [-0.25, -0.2) is 0 Å². The van der Waals surface area contributed by atoms with E-state index >= 15 is 0 Å². The molecule has 0 fully saturated rings. The van der Waals surface area contributed by atoms with Gasteiger partial charge in [0, 0.05) is 5.92 Å². The Balaban J connectivity index is 1.56. The number of phenols is 1. The molecule has 4 rings (SSSR count). The summed E-state index contributed by atoms with van der Waals surface area (Å²) in [6, 6.07) is 24.8. The minimum atomic E-state index is 0.332. The van der Waals surface area contributed by atoms with Crippen LogP contribution in [0.5, 0.6) is 5.75 Å². The first-order valence-corrected chi connectivity index (χ1v) is 7.28. The maximum absolute atomic E-state index is 9.34. The number of hydrogen-bond acceptors (Lipinski definition) is 1. The Morgan fingerprint density at radius 1 is 0.714 bits per heavy atom. The van der Waals surface area contributed by atoms with E-state index in [1.807, 2.05) is 18.2 Å². The molecule has 3 aromatic carbocycles. The van der Waals surface area contributed by atoms with E-state index in [-0.39, 0.29) is 0 Å². The third kappa shape index (κ3) is 2.31. The topological polar surface area (TPSA) is 20.2 Å². The summed E-state index contributed by atoms with van der Waals surface area (Å²) >= 11 is 0. The van der Waals surface area contributed by atoms with Gasteiger partial charge in [-0.05, 0) is 46.4 Å². The van der Waals surface area contributed by atoms with Crippen LogP contribution in [0.15, 0.2) is 72.8 Å². The van der Waals surface area contributed by atoms with Gasteiger partial charge in [0.1, 0.15) is 5.75 Å². The van der Waals surface area contributed by atoms with E-state index in [1.165, 1.54) is 27.8 Å². The van der Waals surface area contributed by atoms with E-state index in [4.69, 9.17) is 0 Å². The van der Waals surface area contributed by atoms with Gasteiger partial charge in [0.05, 0.1) is 0 Å². The Morgan fingerprint density at radius 3 is 2.24 bits per heavy atom. The predicted octanol–water partition coefficient (Wildman–Crippen LogP) is 4.75. The fraction of sp³-hybridized carbons (Fsp3) is 0.100. The molecular weight excluding hydrogens is 256 g/mol. The standard InChI is InChI=1S/C20H16O/c21-17-9-6-14(7-10-17)12-19-18-11-8-16(13-20(18)19)15-4-2-1-3-5-15/h1-11,13,19,21H,12H2. The highest BCUT2D eigenvalue weighted by molar-refractivity contribution is 5.69. The van der Waals surface area contributed by atoms with Crippen molar-refractivity contribution in [3.63, 3.8) is 0 Å². The average Bonchev–Trinajstić information content (AvgIpc) is 3.22. The number of fused-ring (bicyclic) bond motifs is 1. The zero-order chi connectivity index (χ0) is 14.2. The highest BCUT2D eigenvalue weighted by Crippen LogP contribution is 2.47. The van der Waals surface area contributed by atoms with E-state index in [2.05, 4.69) is 42.5 Å². The summed E-state index contributed by atoms with van der Waals surface area (Å²) < 4.78 is 0. The van der Waals surface area contributed by atoms with Crippen LogP contribution in [-0.2, 0) is 6.42 Å². The van der Waals surface area contributed by atoms with Gasteiger partial charge in [0.25, 0.3) is 0 Å². The monoisotopic (exact) mass is 272 g/mol. The molecule has 1 N–H and O–H groups in total. The molecule has 0 heterocycles. The molecule has 3 aromatic rings. The fourth-order valence-corrected chi connectivity index (χ4v) is 3.00. The van der Waals surface area contributed by atoms with Gasteiger partial charge in [-0.2, -0.15) is 0 Å². The number of hydrogen-bond donors (Lipinski definition) is 1. The van der Waals surface area contributed by atoms with Crippen LogP contribution < -0.4 is 0 Å². The largest absolute Gasteiger partial charge is 0.508 e. The van der Waals surface area contributed by atoms with Crippen molar-refractivity contribution >= 4 is 0 Å². The molecule has 21 heavy (non-hydrogen) atoms. The van der Waals surface area contributed by atoms with Gasteiger partial charge >= 0.3 is 0 Å². The van der Waals surface area contributed by atoms with E-state index < -0.39 is 0 Å². The maximum atomic E-state index is 9.34. The van der Waals surface area contributed by atoms with Crippen LogP contribution in [0.2, 0.25) is 0 Å². The Bertz CT molecular complexity index is 773. The molecule has 0 saturated heterocycles. The highest BCUT2D eigenvalue weighted by Gasteiger charge is 2.32. The third-order valence-corrected chi connectivity index (χ3v) is 4.24. The summed E-state index contributed by atoms with van der Waals surface area (Å²) in [7, 11) is 0. The van der Waals surface area contributed by atoms with Crippen molar-refractivity contribution in [2.45, 2.75) is 12.3 Å². The number of benzene rings is 3. The first kappa shape index (κ1) is 12.2. The minimum absolute atomic E-state index is 0.332. The quantitative estimate of drug-likeness (QED) is 0.729. The molecule has 102 valence electrons. The van der Waals surface area contributed by atoms with Gasteiger partial charge in [-0.3, -0.25) is 0 Å². The molecule has 0 aliphatic heterocycles. The molecule has 0 radical (unpaired) electrons. The lowest BCUT2D eigenvalue weighted by atomic mass is 10.1. The molecule has 0 saturated carbocycles. The molecule has 1 aliphatic rings. The van der Waals surface area contributed by atoms with E-state index in [1.54, 1.807) is 12.1 Å². The molecule has 0 amide bonds. The Morgan fingerprint density at radius 2 is 1.48 bits per heavy atom. The number of aromatic hydroxyl groups is 1. The van der Waals surface area contributed by atoms with E-state index in [9.17, 15) is 5.11 Å². The van der Waals surface area contributed by atoms with Crippen molar-refractivity contribution in [1.82, 2.24) is 0 Å². The van der Waals surface area contributed by atoms with Gasteiger partial charge < -0.3 is 5.11 Å². The second kappa shape index (κ2) is 4.78. The number of phenolic OH excluding ortho intramolecular Hbond substituents is 1. The van der Waals surface area contributed by atoms with Crippen LogP contribution in [0.1, 0.15) is 22.6 Å². The van der Waals surface area contributed by atoms with E-state index in [0.29, 0.717) is 11.7 Å².